The van der Waals surface area contributed by atoms with Gasteiger partial charge in [0.15, 0.2) is 5.69 Å². The van der Waals surface area contributed by atoms with Crippen LogP contribution in [0.1, 0.15) is 16.1 Å². The van der Waals surface area contributed by atoms with E-state index in [-0.39, 0.29) is 12.3 Å². The lowest BCUT2D eigenvalue weighted by Gasteiger charge is -2.07. The number of carbonyl (C=O) groups excluding carboxylic acids is 1. The minimum absolute atomic E-state index is 0.110. The van der Waals surface area contributed by atoms with Gasteiger partial charge in [0.1, 0.15) is 18.5 Å². The van der Waals surface area contributed by atoms with Gasteiger partial charge in [0, 0.05) is 12.4 Å². The van der Waals surface area contributed by atoms with Crippen molar-refractivity contribution in [1.82, 2.24) is 14.8 Å². The van der Waals surface area contributed by atoms with E-state index in [1.54, 1.807) is 42.7 Å². The fourth-order valence-corrected chi connectivity index (χ4v) is 2.45. The van der Waals surface area contributed by atoms with Crippen molar-refractivity contribution >= 4 is 23.4 Å². The summed E-state index contributed by atoms with van der Waals surface area (Å²) in [6, 6.07) is 14.1. The molecule has 0 unspecified atom stereocenters. The van der Waals surface area contributed by atoms with Crippen molar-refractivity contribution in [2.24, 2.45) is 0 Å². The number of halogens is 1. The van der Waals surface area contributed by atoms with E-state index in [1.807, 2.05) is 18.2 Å². The molecule has 0 bridgehead atoms. The number of ether oxygens (including phenoxy) is 1. The van der Waals surface area contributed by atoms with Crippen LogP contribution in [0.5, 0.6) is 0 Å². The second-order valence-electron chi connectivity index (χ2n) is 5.17. The zero-order valence-electron chi connectivity index (χ0n) is 13.6. The van der Waals surface area contributed by atoms with Crippen molar-refractivity contribution in [2.45, 2.75) is 0 Å². The fraction of sp³-hybridized carbons (Fsp3) is 0.111. The lowest BCUT2D eigenvalue weighted by molar-refractivity contribution is 0.0513. The third-order valence-electron chi connectivity index (χ3n) is 3.45. The third kappa shape index (κ3) is 3.99. The Balaban J connectivity index is 1.55. The van der Waals surface area contributed by atoms with Gasteiger partial charge < -0.3 is 10.1 Å². The molecule has 0 saturated carbocycles. The molecule has 0 spiro atoms. The summed E-state index contributed by atoms with van der Waals surface area (Å²) in [7, 11) is 0. The molecule has 0 atom stereocenters. The van der Waals surface area contributed by atoms with Gasteiger partial charge in [0.2, 0.25) is 0 Å². The van der Waals surface area contributed by atoms with Gasteiger partial charge in [0.25, 0.3) is 0 Å². The zero-order valence-corrected chi connectivity index (χ0v) is 14.3. The van der Waals surface area contributed by atoms with Gasteiger partial charge in [-0.3, -0.25) is 0 Å². The molecule has 2 aromatic heterocycles. The van der Waals surface area contributed by atoms with Crippen molar-refractivity contribution in [3.63, 3.8) is 0 Å². The second-order valence-corrected chi connectivity index (χ2v) is 5.58. The minimum Gasteiger partial charge on any atom is -0.459 e. The Bertz CT molecular complexity index is 964. The molecular formula is C18H14ClN5O2. The number of hydrogen-bond donors (Lipinski definition) is 1. The second kappa shape index (κ2) is 8.14. The first-order valence-electron chi connectivity index (χ1n) is 7.75. The van der Waals surface area contributed by atoms with Gasteiger partial charge >= 0.3 is 5.97 Å². The van der Waals surface area contributed by atoms with Crippen LogP contribution >= 0.6 is 11.6 Å². The molecule has 0 aliphatic rings. The number of pyridine rings is 1. The normalized spacial score (nSPS) is 10.2. The molecule has 0 saturated heterocycles. The van der Waals surface area contributed by atoms with Crippen LogP contribution in [0.4, 0.5) is 5.82 Å². The van der Waals surface area contributed by atoms with E-state index in [4.69, 9.17) is 21.6 Å². The Morgan fingerprint density at radius 3 is 2.92 bits per heavy atom. The topological polar surface area (TPSA) is 92.8 Å². The van der Waals surface area contributed by atoms with E-state index < -0.39 is 5.97 Å². The quantitative estimate of drug-likeness (QED) is 0.531. The van der Waals surface area contributed by atoms with Gasteiger partial charge in [-0.25, -0.2) is 14.5 Å². The van der Waals surface area contributed by atoms with E-state index in [9.17, 15) is 4.79 Å². The Hall–Kier alpha value is -3.37. The number of esters is 1. The summed E-state index contributed by atoms with van der Waals surface area (Å²) >= 11 is 6.12. The molecule has 3 rings (SSSR count). The maximum atomic E-state index is 12.1. The summed E-state index contributed by atoms with van der Waals surface area (Å²) in [6.07, 6.45) is 3.22. The average molecular weight is 368 g/mol. The molecule has 0 amide bonds. The number of para-hydroxylation sites is 1. The van der Waals surface area contributed by atoms with Gasteiger partial charge in [-0.05, 0) is 30.3 Å². The van der Waals surface area contributed by atoms with Crippen LogP contribution < -0.4 is 5.32 Å². The summed E-state index contributed by atoms with van der Waals surface area (Å²) in [4.78, 5) is 16.1. The first kappa shape index (κ1) is 17.5. The summed E-state index contributed by atoms with van der Waals surface area (Å²) in [5, 5.41) is 16.7. The van der Waals surface area contributed by atoms with Crippen LogP contribution in [-0.4, -0.2) is 33.9 Å². The van der Waals surface area contributed by atoms with Crippen molar-refractivity contribution in [3.8, 4) is 11.8 Å². The standard InChI is InChI=1S/C18H14ClN5O2/c19-14-5-1-2-6-16(14)24-10-7-15(23-24)18(25)26-11-9-22-17-13(12-20)4-3-8-21-17/h1-8,10H,9,11H2,(H,21,22). The number of rotatable bonds is 6. The largest absolute Gasteiger partial charge is 0.459 e. The number of anilines is 1. The average Bonchev–Trinajstić information content (AvgIpc) is 3.16. The molecule has 7 nitrogen and oxygen atoms in total. The van der Waals surface area contributed by atoms with Gasteiger partial charge in [-0.2, -0.15) is 10.4 Å². The van der Waals surface area contributed by atoms with Crippen molar-refractivity contribution in [1.29, 1.82) is 5.26 Å². The van der Waals surface area contributed by atoms with Crippen LogP contribution in [-0.2, 0) is 4.74 Å². The van der Waals surface area contributed by atoms with Crippen LogP contribution in [0, 0.1) is 11.3 Å². The highest BCUT2D eigenvalue weighted by Gasteiger charge is 2.13. The number of carbonyl (C=O) groups is 1. The molecule has 3 aromatic rings. The van der Waals surface area contributed by atoms with E-state index in [0.717, 1.165) is 0 Å². The van der Waals surface area contributed by atoms with E-state index in [2.05, 4.69) is 15.4 Å². The highest BCUT2D eigenvalue weighted by molar-refractivity contribution is 6.32. The van der Waals surface area contributed by atoms with Crippen LogP contribution in [0.2, 0.25) is 5.02 Å². The third-order valence-corrected chi connectivity index (χ3v) is 3.77. The lowest BCUT2D eigenvalue weighted by atomic mass is 10.3. The van der Waals surface area contributed by atoms with E-state index >= 15 is 0 Å². The van der Waals surface area contributed by atoms with Crippen molar-refractivity contribution < 1.29 is 9.53 Å². The van der Waals surface area contributed by atoms with Crippen molar-refractivity contribution in [3.05, 3.63) is 71.1 Å². The van der Waals surface area contributed by atoms with Crippen LogP contribution in [0.3, 0.4) is 0 Å². The molecule has 1 aromatic carbocycles. The van der Waals surface area contributed by atoms with E-state index in [0.29, 0.717) is 28.6 Å². The zero-order chi connectivity index (χ0) is 18.4. The molecule has 0 aliphatic heterocycles. The number of aromatic nitrogens is 3. The lowest BCUT2D eigenvalue weighted by Crippen LogP contribution is -2.15. The molecule has 130 valence electrons. The predicted molar refractivity (Wildman–Crippen MR) is 96.3 cm³/mol. The number of nitriles is 1. The molecule has 8 heteroatoms. The highest BCUT2D eigenvalue weighted by Crippen LogP contribution is 2.19. The number of hydrogen-bond acceptors (Lipinski definition) is 6. The predicted octanol–water partition coefficient (Wildman–Crippen LogP) is 3.06. The first-order valence-corrected chi connectivity index (χ1v) is 8.13. The fourth-order valence-electron chi connectivity index (χ4n) is 2.23. The van der Waals surface area contributed by atoms with Gasteiger partial charge in [0.05, 0.1) is 22.8 Å². The number of nitrogens with zero attached hydrogens (tertiary/aromatic N) is 4. The number of nitrogens with one attached hydrogen (secondary N) is 1. The Morgan fingerprint density at radius 1 is 1.27 bits per heavy atom. The molecule has 0 fully saturated rings. The molecule has 1 N–H and O–H groups in total. The molecule has 0 aliphatic carbocycles. The van der Waals surface area contributed by atoms with Crippen LogP contribution in [0.25, 0.3) is 5.69 Å². The summed E-state index contributed by atoms with van der Waals surface area (Å²) in [6.45, 7) is 0.432. The summed E-state index contributed by atoms with van der Waals surface area (Å²) < 4.78 is 6.70. The maximum Gasteiger partial charge on any atom is 0.358 e. The molecule has 0 radical (unpaired) electrons. The van der Waals surface area contributed by atoms with Gasteiger partial charge in [-0.1, -0.05) is 23.7 Å². The smallest absolute Gasteiger partial charge is 0.358 e. The molecule has 2 heterocycles. The highest BCUT2D eigenvalue weighted by atomic mass is 35.5. The Morgan fingerprint density at radius 2 is 2.12 bits per heavy atom. The van der Waals surface area contributed by atoms with E-state index in [1.165, 1.54) is 4.68 Å². The first-order chi connectivity index (χ1) is 12.7. The Kier molecular flexibility index (Phi) is 5.46. The minimum atomic E-state index is -0.542. The maximum absolute atomic E-state index is 12.1. The SMILES string of the molecule is N#Cc1cccnc1NCCOC(=O)c1ccn(-c2ccccc2Cl)n1. The van der Waals surface area contributed by atoms with Crippen LogP contribution in [0.15, 0.2) is 54.9 Å². The van der Waals surface area contributed by atoms with Crippen molar-refractivity contribution in [2.75, 3.05) is 18.5 Å². The Labute approximate surface area is 154 Å². The summed E-state index contributed by atoms with van der Waals surface area (Å²) in [5.41, 5.74) is 1.28. The summed E-state index contributed by atoms with van der Waals surface area (Å²) in [5.74, 6) is -0.0897. The molecular weight excluding hydrogens is 354 g/mol. The van der Waals surface area contributed by atoms with Gasteiger partial charge in [-0.15, -0.1) is 0 Å². The monoisotopic (exact) mass is 367 g/mol. The number of benzene rings is 1. The molecule has 26 heavy (non-hydrogen) atoms.